The van der Waals surface area contributed by atoms with E-state index in [2.05, 4.69) is 15.5 Å². The third-order valence-electron chi connectivity index (χ3n) is 4.57. The fourth-order valence-corrected chi connectivity index (χ4v) is 2.95. The van der Waals surface area contributed by atoms with E-state index in [4.69, 9.17) is 4.74 Å². The Hall–Kier alpha value is -2.12. The number of amides is 2. The molecule has 1 aliphatic heterocycles. The van der Waals surface area contributed by atoms with Crippen LogP contribution in [0.2, 0.25) is 0 Å². The van der Waals surface area contributed by atoms with Gasteiger partial charge in [-0.05, 0) is 44.7 Å². The van der Waals surface area contributed by atoms with Crippen LogP contribution in [0.25, 0.3) is 0 Å². The van der Waals surface area contributed by atoms with E-state index in [0.29, 0.717) is 13.1 Å². The molecule has 1 fully saturated rings. The summed E-state index contributed by atoms with van der Waals surface area (Å²) in [4.78, 5) is 28.4. The first kappa shape index (κ1) is 20.2. The Kier molecular flexibility index (Phi) is 7.87. The number of carbonyl (C=O) groups is 2. The van der Waals surface area contributed by atoms with Crippen molar-refractivity contribution in [2.75, 3.05) is 56.2 Å². The molecule has 7 nitrogen and oxygen atoms in total. The number of likely N-dealkylation sites (N-methyl/N-ethyl adjacent to an activating group) is 2. The molecule has 2 amide bonds. The van der Waals surface area contributed by atoms with Crippen molar-refractivity contribution in [1.29, 1.82) is 0 Å². The maximum atomic E-state index is 12.5. The van der Waals surface area contributed by atoms with E-state index < -0.39 is 0 Å². The van der Waals surface area contributed by atoms with Gasteiger partial charge in [-0.3, -0.25) is 14.5 Å². The van der Waals surface area contributed by atoms with Crippen molar-refractivity contribution in [1.82, 2.24) is 10.2 Å². The highest BCUT2D eigenvalue weighted by atomic mass is 16.5. The van der Waals surface area contributed by atoms with Crippen molar-refractivity contribution in [3.8, 4) is 0 Å². The number of ether oxygens (including phenoxy) is 1. The van der Waals surface area contributed by atoms with Crippen LogP contribution < -0.4 is 15.5 Å². The average Bonchev–Trinajstić information content (AvgIpc) is 2.67. The van der Waals surface area contributed by atoms with Gasteiger partial charge in [0.2, 0.25) is 11.8 Å². The maximum absolute atomic E-state index is 12.5. The second-order valence-electron chi connectivity index (χ2n) is 6.33. The van der Waals surface area contributed by atoms with Gasteiger partial charge in [0.15, 0.2) is 0 Å². The molecule has 1 atom stereocenters. The van der Waals surface area contributed by atoms with Gasteiger partial charge in [0.05, 0.1) is 25.8 Å². The summed E-state index contributed by atoms with van der Waals surface area (Å²) < 4.78 is 5.37. The Balaban J connectivity index is 1.91. The third kappa shape index (κ3) is 5.71. The van der Waals surface area contributed by atoms with Crippen LogP contribution in [-0.4, -0.2) is 68.7 Å². The first-order chi connectivity index (χ1) is 12.5. The molecule has 0 aliphatic carbocycles. The van der Waals surface area contributed by atoms with E-state index in [1.165, 1.54) is 0 Å². The Morgan fingerprint density at radius 2 is 1.85 bits per heavy atom. The number of carbonyl (C=O) groups excluding carboxylic acids is 2. The number of hydrogen-bond acceptors (Lipinski definition) is 5. The molecule has 26 heavy (non-hydrogen) atoms. The van der Waals surface area contributed by atoms with Gasteiger partial charge in [-0.25, -0.2) is 0 Å². The van der Waals surface area contributed by atoms with E-state index >= 15 is 0 Å². The monoisotopic (exact) mass is 362 g/mol. The Morgan fingerprint density at radius 1 is 1.19 bits per heavy atom. The predicted molar refractivity (Wildman–Crippen MR) is 103 cm³/mol. The zero-order chi connectivity index (χ0) is 18.9. The fraction of sp³-hybridized carbons (Fsp3) is 0.579. The van der Waals surface area contributed by atoms with Crippen molar-refractivity contribution in [3.05, 3.63) is 24.3 Å². The SMILES string of the molecule is CCNC(=O)CN(CC)[C@@H](C)C(=O)Nc1ccc(N2CCOCC2)cc1. The average molecular weight is 362 g/mol. The highest BCUT2D eigenvalue weighted by Gasteiger charge is 2.22. The van der Waals surface area contributed by atoms with E-state index in [9.17, 15) is 9.59 Å². The van der Waals surface area contributed by atoms with Gasteiger partial charge in [-0.2, -0.15) is 0 Å². The molecule has 0 radical (unpaired) electrons. The highest BCUT2D eigenvalue weighted by molar-refractivity contribution is 5.95. The van der Waals surface area contributed by atoms with Crippen LogP contribution >= 0.6 is 0 Å². The standard InChI is InChI=1S/C19H30N4O3/c1-4-20-18(24)14-22(5-2)15(3)19(25)21-16-6-8-17(9-7-16)23-10-12-26-13-11-23/h6-9,15H,4-5,10-14H2,1-3H3,(H,20,24)(H,21,25)/t15-/m0/s1. The molecular formula is C19H30N4O3. The van der Waals surface area contributed by atoms with Gasteiger partial charge in [-0.15, -0.1) is 0 Å². The number of morpholine rings is 1. The summed E-state index contributed by atoms with van der Waals surface area (Å²) in [6, 6.07) is 7.46. The highest BCUT2D eigenvalue weighted by Crippen LogP contribution is 2.19. The molecule has 1 heterocycles. The molecule has 1 saturated heterocycles. The minimum Gasteiger partial charge on any atom is -0.378 e. The molecule has 0 spiro atoms. The van der Waals surface area contributed by atoms with Gasteiger partial charge >= 0.3 is 0 Å². The zero-order valence-electron chi connectivity index (χ0n) is 16.0. The molecule has 0 unspecified atom stereocenters. The van der Waals surface area contributed by atoms with Crippen molar-refractivity contribution in [2.24, 2.45) is 0 Å². The molecule has 2 rings (SSSR count). The summed E-state index contributed by atoms with van der Waals surface area (Å²) in [7, 11) is 0. The molecule has 1 aromatic rings. The third-order valence-corrected chi connectivity index (χ3v) is 4.57. The zero-order valence-corrected chi connectivity index (χ0v) is 16.0. The predicted octanol–water partition coefficient (Wildman–Crippen LogP) is 1.31. The van der Waals surface area contributed by atoms with Crippen LogP contribution in [0.4, 0.5) is 11.4 Å². The van der Waals surface area contributed by atoms with Crippen molar-refractivity contribution in [2.45, 2.75) is 26.8 Å². The van der Waals surface area contributed by atoms with Crippen LogP contribution in [0.3, 0.4) is 0 Å². The van der Waals surface area contributed by atoms with Crippen LogP contribution in [-0.2, 0) is 14.3 Å². The molecule has 2 N–H and O–H groups in total. The number of anilines is 2. The summed E-state index contributed by atoms with van der Waals surface area (Å²) >= 11 is 0. The van der Waals surface area contributed by atoms with Gasteiger partial charge < -0.3 is 20.3 Å². The molecular weight excluding hydrogens is 332 g/mol. The topological polar surface area (TPSA) is 73.9 Å². The number of hydrogen-bond donors (Lipinski definition) is 2. The lowest BCUT2D eigenvalue weighted by Crippen LogP contribution is -2.46. The maximum Gasteiger partial charge on any atom is 0.241 e. The van der Waals surface area contributed by atoms with E-state index in [0.717, 1.165) is 37.7 Å². The van der Waals surface area contributed by atoms with Crippen molar-refractivity contribution >= 4 is 23.2 Å². The van der Waals surface area contributed by atoms with Crippen molar-refractivity contribution < 1.29 is 14.3 Å². The first-order valence-corrected chi connectivity index (χ1v) is 9.29. The minimum absolute atomic E-state index is 0.0659. The normalized spacial score (nSPS) is 15.6. The Bertz CT molecular complexity index is 585. The van der Waals surface area contributed by atoms with Crippen LogP contribution in [0.1, 0.15) is 20.8 Å². The van der Waals surface area contributed by atoms with Crippen LogP contribution in [0.15, 0.2) is 24.3 Å². The largest absolute Gasteiger partial charge is 0.378 e. The summed E-state index contributed by atoms with van der Waals surface area (Å²) in [6.07, 6.45) is 0. The van der Waals surface area contributed by atoms with Gasteiger partial charge in [0, 0.05) is 31.0 Å². The lowest BCUT2D eigenvalue weighted by molar-refractivity contribution is -0.125. The van der Waals surface area contributed by atoms with E-state index in [1.54, 1.807) is 0 Å². The molecule has 0 aromatic heterocycles. The minimum atomic E-state index is -0.387. The van der Waals surface area contributed by atoms with Gasteiger partial charge in [0.1, 0.15) is 0 Å². The number of benzene rings is 1. The lowest BCUT2D eigenvalue weighted by atomic mass is 10.2. The van der Waals surface area contributed by atoms with E-state index in [-0.39, 0.29) is 24.4 Å². The van der Waals surface area contributed by atoms with Crippen molar-refractivity contribution in [3.63, 3.8) is 0 Å². The summed E-state index contributed by atoms with van der Waals surface area (Å²) in [5, 5.41) is 5.70. The quantitative estimate of drug-likeness (QED) is 0.729. The molecule has 1 aliphatic rings. The second-order valence-corrected chi connectivity index (χ2v) is 6.33. The Morgan fingerprint density at radius 3 is 2.42 bits per heavy atom. The smallest absolute Gasteiger partial charge is 0.241 e. The Labute approximate surface area is 155 Å². The summed E-state index contributed by atoms with van der Waals surface area (Å²) in [6.45, 7) is 10.3. The van der Waals surface area contributed by atoms with Crippen LogP contribution in [0.5, 0.6) is 0 Å². The number of rotatable bonds is 8. The first-order valence-electron chi connectivity index (χ1n) is 9.29. The van der Waals surface area contributed by atoms with Gasteiger partial charge in [-0.1, -0.05) is 6.92 Å². The van der Waals surface area contributed by atoms with Gasteiger partial charge in [0.25, 0.3) is 0 Å². The lowest BCUT2D eigenvalue weighted by Gasteiger charge is -2.29. The molecule has 7 heteroatoms. The molecule has 0 bridgehead atoms. The molecule has 144 valence electrons. The summed E-state index contributed by atoms with van der Waals surface area (Å²) in [5.41, 5.74) is 1.89. The fourth-order valence-electron chi connectivity index (χ4n) is 2.95. The molecule has 0 saturated carbocycles. The molecule has 1 aromatic carbocycles. The number of nitrogens with zero attached hydrogens (tertiary/aromatic N) is 2. The number of nitrogens with one attached hydrogen (secondary N) is 2. The summed E-state index contributed by atoms with van der Waals surface area (Å²) in [5.74, 6) is -0.181. The van der Waals surface area contributed by atoms with Crippen LogP contribution in [0, 0.1) is 0 Å². The second kappa shape index (κ2) is 10.1. The van der Waals surface area contributed by atoms with E-state index in [1.807, 2.05) is 49.9 Å².